The molecule has 6 nitrogen and oxygen atoms in total. The third kappa shape index (κ3) is 1.78. The molecule has 0 atom stereocenters. The molecule has 0 amide bonds. The number of rotatable bonds is 3. The molecule has 16 heavy (non-hydrogen) atoms. The molecule has 1 aromatic heterocycles. The molecule has 2 rings (SSSR count). The lowest BCUT2D eigenvalue weighted by molar-refractivity contribution is -0.384. The number of aromatic nitrogens is 2. The van der Waals surface area contributed by atoms with Crippen molar-refractivity contribution in [3.8, 4) is 0 Å². The first-order valence-corrected chi connectivity index (χ1v) is 5.19. The fourth-order valence-corrected chi connectivity index (χ4v) is 1.96. The Kier molecular flexibility index (Phi) is 2.64. The summed E-state index contributed by atoms with van der Waals surface area (Å²) in [6.07, 6.45) is 5.96. The fourth-order valence-electron chi connectivity index (χ4n) is 1.96. The van der Waals surface area contributed by atoms with Gasteiger partial charge in [0.15, 0.2) is 0 Å². The normalized spacial score (nSPS) is 15.6. The summed E-state index contributed by atoms with van der Waals surface area (Å²) in [6.45, 7) is 1.65. The number of hydrogen-bond acceptors (Lipinski definition) is 4. The van der Waals surface area contributed by atoms with Gasteiger partial charge in [-0.2, -0.15) is 5.10 Å². The molecule has 6 heteroatoms. The van der Waals surface area contributed by atoms with E-state index in [0.717, 1.165) is 12.8 Å². The average molecular weight is 222 g/mol. The van der Waals surface area contributed by atoms with Crippen molar-refractivity contribution >= 4 is 11.5 Å². The van der Waals surface area contributed by atoms with Crippen LogP contribution in [-0.4, -0.2) is 20.7 Å². The summed E-state index contributed by atoms with van der Waals surface area (Å²) in [7, 11) is 1.71. The molecule has 0 bridgehead atoms. The highest BCUT2D eigenvalue weighted by Gasteiger charge is 2.25. The van der Waals surface area contributed by atoms with Crippen molar-refractivity contribution in [1.29, 1.82) is 0 Å². The lowest BCUT2D eigenvalue weighted by Crippen LogP contribution is -2.18. The molecule has 1 aliphatic rings. The van der Waals surface area contributed by atoms with Crippen molar-refractivity contribution in [2.75, 3.05) is 5.32 Å². The zero-order valence-electron chi connectivity index (χ0n) is 9.30. The second-order valence-corrected chi connectivity index (χ2v) is 3.95. The molecule has 0 fully saturated rings. The third-order valence-corrected chi connectivity index (χ3v) is 2.72. The molecular weight excluding hydrogens is 208 g/mol. The van der Waals surface area contributed by atoms with Crippen LogP contribution in [0.2, 0.25) is 0 Å². The summed E-state index contributed by atoms with van der Waals surface area (Å²) in [5, 5.41) is 18.2. The van der Waals surface area contributed by atoms with Crippen LogP contribution < -0.4 is 5.32 Å². The van der Waals surface area contributed by atoms with Crippen molar-refractivity contribution in [3.05, 3.63) is 28.0 Å². The van der Waals surface area contributed by atoms with Gasteiger partial charge in [0.05, 0.1) is 4.92 Å². The zero-order chi connectivity index (χ0) is 11.7. The highest BCUT2D eigenvalue weighted by Crippen LogP contribution is 2.29. The maximum Gasteiger partial charge on any atom is 0.333 e. The van der Waals surface area contributed by atoms with E-state index in [2.05, 4.69) is 22.6 Å². The van der Waals surface area contributed by atoms with Gasteiger partial charge in [0, 0.05) is 13.1 Å². The van der Waals surface area contributed by atoms with E-state index in [4.69, 9.17) is 0 Å². The summed E-state index contributed by atoms with van der Waals surface area (Å²) in [6, 6.07) is 0.244. The second kappa shape index (κ2) is 3.96. The lowest BCUT2D eigenvalue weighted by Gasteiger charge is -2.12. The first-order chi connectivity index (χ1) is 7.59. The van der Waals surface area contributed by atoms with Crippen molar-refractivity contribution in [2.24, 2.45) is 7.05 Å². The van der Waals surface area contributed by atoms with Crippen LogP contribution in [-0.2, 0) is 7.05 Å². The van der Waals surface area contributed by atoms with Gasteiger partial charge in [-0.1, -0.05) is 12.2 Å². The van der Waals surface area contributed by atoms with Gasteiger partial charge in [0.1, 0.15) is 5.69 Å². The average Bonchev–Trinajstić information content (AvgIpc) is 2.76. The van der Waals surface area contributed by atoms with Crippen molar-refractivity contribution in [3.63, 3.8) is 0 Å². The van der Waals surface area contributed by atoms with Crippen molar-refractivity contribution in [2.45, 2.75) is 25.8 Å². The Labute approximate surface area is 93.1 Å². The Hall–Kier alpha value is -1.85. The van der Waals surface area contributed by atoms with Gasteiger partial charge in [0.25, 0.3) is 0 Å². The predicted octanol–water partition coefficient (Wildman–Crippen LogP) is 1.77. The molecule has 0 aromatic carbocycles. The first-order valence-electron chi connectivity index (χ1n) is 5.19. The molecule has 1 aromatic rings. The molecule has 0 saturated carbocycles. The second-order valence-electron chi connectivity index (χ2n) is 3.95. The monoisotopic (exact) mass is 222 g/mol. The van der Waals surface area contributed by atoms with Gasteiger partial charge in [-0.3, -0.25) is 10.1 Å². The quantitative estimate of drug-likeness (QED) is 0.480. The van der Waals surface area contributed by atoms with Crippen LogP contribution in [0.3, 0.4) is 0 Å². The van der Waals surface area contributed by atoms with Gasteiger partial charge in [-0.25, -0.2) is 4.68 Å². The van der Waals surface area contributed by atoms with Crippen LogP contribution in [0.5, 0.6) is 0 Å². The lowest BCUT2D eigenvalue weighted by atomic mass is 10.2. The molecule has 86 valence electrons. The van der Waals surface area contributed by atoms with E-state index in [-0.39, 0.29) is 16.7 Å². The van der Waals surface area contributed by atoms with E-state index in [0.29, 0.717) is 11.5 Å². The minimum absolute atomic E-state index is 0.0781. The highest BCUT2D eigenvalue weighted by molar-refractivity contribution is 5.60. The van der Waals surface area contributed by atoms with Gasteiger partial charge in [0.2, 0.25) is 5.82 Å². The Morgan fingerprint density at radius 3 is 2.75 bits per heavy atom. The molecule has 0 saturated heterocycles. The number of anilines is 1. The van der Waals surface area contributed by atoms with E-state index in [9.17, 15) is 10.1 Å². The first kappa shape index (κ1) is 10.7. The zero-order valence-corrected chi connectivity index (χ0v) is 9.30. The summed E-state index contributed by atoms with van der Waals surface area (Å²) in [5.74, 6) is 0.496. The maximum absolute atomic E-state index is 10.9. The van der Waals surface area contributed by atoms with E-state index in [1.165, 1.54) is 4.68 Å². The Morgan fingerprint density at radius 2 is 2.19 bits per heavy atom. The van der Waals surface area contributed by atoms with E-state index in [1.54, 1.807) is 14.0 Å². The number of aryl methyl sites for hydroxylation is 2. The van der Waals surface area contributed by atoms with Crippen molar-refractivity contribution < 1.29 is 4.92 Å². The number of nitro groups is 1. The molecule has 0 aliphatic heterocycles. The topological polar surface area (TPSA) is 73.0 Å². The molecule has 1 heterocycles. The number of nitrogens with zero attached hydrogens (tertiary/aromatic N) is 3. The predicted molar refractivity (Wildman–Crippen MR) is 60.4 cm³/mol. The molecule has 0 spiro atoms. The molecule has 0 unspecified atom stereocenters. The van der Waals surface area contributed by atoms with Crippen LogP contribution in [0, 0.1) is 17.0 Å². The summed E-state index contributed by atoms with van der Waals surface area (Å²) in [4.78, 5) is 10.5. The maximum atomic E-state index is 10.9. The van der Waals surface area contributed by atoms with Gasteiger partial charge in [-0.05, 0) is 19.8 Å². The largest absolute Gasteiger partial charge is 0.361 e. The standard InChI is InChI=1S/C10H14N4O2/c1-7-9(14(15)16)10(13(2)12-7)11-8-5-3-4-6-8/h3-4,8,11H,5-6H2,1-2H3. The highest BCUT2D eigenvalue weighted by atomic mass is 16.6. The van der Waals surface area contributed by atoms with Gasteiger partial charge in [-0.15, -0.1) is 0 Å². The third-order valence-electron chi connectivity index (χ3n) is 2.72. The Bertz CT molecular complexity index is 442. The van der Waals surface area contributed by atoms with Crippen LogP contribution in [0.4, 0.5) is 11.5 Å². The van der Waals surface area contributed by atoms with Gasteiger partial charge >= 0.3 is 5.69 Å². The fraction of sp³-hybridized carbons (Fsp3) is 0.500. The molecule has 1 N–H and O–H groups in total. The molecule has 0 radical (unpaired) electrons. The van der Waals surface area contributed by atoms with E-state index in [1.807, 2.05) is 0 Å². The van der Waals surface area contributed by atoms with E-state index >= 15 is 0 Å². The van der Waals surface area contributed by atoms with Crippen LogP contribution in [0.25, 0.3) is 0 Å². The smallest absolute Gasteiger partial charge is 0.333 e. The Morgan fingerprint density at radius 1 is 1.56 bits per heavy atom. The summed E-state index contributed by atoms with van der Waals surface area (Å²) >= 11 is 0. The Balaban J connectivity index is 2.28. The van der Waals surface area contributed by atoms with Crippen LogP contribution in [0.15, 0.2) is 12.2 Å². The van der Waals surface area contributed by atoms with Crippen LogP contribution >= 0.6 is 0 Å². The summed E-state index contributed by atoms with van der Waals surface area (Å²) in [5.41, 5.74) is 0.523. The minimum atomic E-state index is -0.382. The van der Waals surface area contributed by atoms with Gasteiger partial charge < -0.3 is 5.32 Å². The molecule has 1 aliphatic carbocycles. The summed E-state index contributed by atoms with van der Waals surface area (Å²) < 4.78 is 1.53. The number of hydrogen-bond donors (Lipinski definition) is 1. The van der Waals surface area contributed by atoms with E-state index < -0.39 is 0 Å². The van der Waals surface area contributed by atoms with Crippen LogP contribution in [0.1, 0.15) is 18.5 Å². The SMILES string of the molecule is Cc1nn(C)c(NC2CC=CC2)c1[N+](=O)[O-]. The van der Waals surface area contributed by atoms with Crippen molar-refractivity contribution in [1.82, 2.24) is 9.78 Å². The number of nitrogens with one attached hydrogen (secondary N) is 1. The minimum Gasteiger partial charge on any atom is -0.361 e. The molecular formula is C10H14N4O2.